The molecule has 2 aromatic rings. The maximum atomic E-state index is 5.47. The minimum Gasteiger partial charge on any atom is -0.490 e. The Labute approximate surface area is 103 Å². The number of hydrogen-bond acceptors (Lipinski definition) is 6. The number of benzene rings is 1. The second-order valence-corrected chi connectivity index (χ2v) is 4.20. The van der Waals surface area contributed by atoms with Crippen LogP contribution in [0.1, 0.15) is 5.01 Å². The van der Waals surface area contributed by atoms with Crippen molar-refractivity contribution in [2.24, 2.45) is 5.73 Å². The van der Waals surface area contributed by atoms with Gasteiger partial charge >= 0.3 is 0 Å². The maximum absolute atomic E-state index is 5.47. The Morgan fingerprint density at radius 3 is 2.53 bits per heavy atom. The van der Waals surface area contributed by atoms with Crippen LogP contribution in [0.2, 0.25) is 0 Å². The average Bonchev–Trinajstić information content (AvgIpc) is 2.84. The maximum Gasteiger partial charge on any atom is 0.294 e. The highest BCUT2D eigenvalue weighted by molar-refractivity contribution is 7.13. The van der Waals surface area contributed by atoms with Gasteiger partial charge in [0.15, 0.2) is 0 Å². The van der Waals surface area contributed by atoms with E-state index in [-0.39, 0.29) is 0 Å². The number of para-hydroxylation sites is 1. The van der Waals surface area contributed by atoms with Crippen molar-refractivity contribution in [2.75, 3.05) is 13.2 Å². The van der Waals surface area contributed by atoms with Crippen LogP contribution in [-0.2, 0) is 6.54 Å². The van der Waals surface area contributed by atoms with Gasteiger partial charge in [-0.2, -0.15) is 0 Å². The van der Waals surface area contributed by atoms with Crippen LogP contribution >= 0.6 is 11.3 Å². The summed E-state index contributed by atoms with van der Waals surface area (Å²) in [6.45, 7) is 1.30. The van der Waals surface area contributed by atoms with Gasteiger partial charge in [-0.05, 0) is 12.1 Å². The van der Waals surface area contributed by atoms with E-state index in [1.807, 2.05) is 30.3 Å². The van der Waals surface area contributed by atoms with Crippen LogP contribution < -0.4 is 15.2 Å². The molecule has 0 amide bonds. The van der Waals surface area contributed by atoms with Crippen LogP contribution in [0.4, 0.5) is 0 Å². The van der Waals surface area contributed by atoms with E-state index in [4.69, 9.17) is 15.2 Å². The predicted octanol–water partition coefficient (Wildman–Crippen LogP) is 1.45. The fraction of sp³-hybridized carbons (Fsp3) is 0.273. The zero-order valence-electron chi connectivity index (χ0n) is 9.20. The lowest BCUT2D eigenvalue weighted by atomic mass is 10.3. The third kappa shape index (κ3) is 3.69. The van der Waals surface area contributed by atoms with Crippen molar-refractivity contribution in [3.05, 3.63) is 35.3 Å². The normalized spacial score (nSPS) is 10.2. The van der Waals surface area contributed by atoms with Crippen molar-refractivity contribution in [3.63, 3.8) is 0 Å². The number of nitrogens with zero attached hydrogens (tertiary/aromatic N) is 2. The molecule has 17 heavy (non-hydrogen) atoms. The SMILES string of the molecule is NCc1nnc(OCCOc2ccccc2)s1. The Hall–Kier alpha value is -1.66. The monoisotopic (exact) mass is 251 g/mol. The fourth-order valence-electron chi connectivity index (χ4n) is 1.18. The molecule has 2 rings (SSSR count). The summed E-state index contributed by atoms with van der Waals surface area (Å²) in [7, 11) is 0. The number of ether oxygens (including phenoxy) is 2. The number of aromatic nitrogens is 2. The van der Waals surface area contributed by atoms with Crippen LogP contribution in [0.3, 0.4) is 0 Å². The molecule has 0 spiro atoms. The quantitative estimate of drug-likeness (QED) is 0.787. The van der Waals surface area contributed by atoms with Gasteiger partial charge in [-0.3, -0.25) is 0 Å². The fourth-order valence-corrected chi connectivity index (χ4v) is 1.77. The van der Waals surface area contributed by atoms with Crippen molar-refractivity contribution < 1.29 is 9.47 Å². The van der Waals surface area contributed by atoms with Crippen molar-refractivity contribution in [3.8, 4) is 10.9 Å². The van der Waals surface area contributed by atoms with Crippen molar-refractivity contribution in [2.45, 2.75) is 6.54 Å². The van der Waals surface area contributed by atoms with E-state index in [1.54, 1.807) is 0 Å². The molecule has 0 atom stereocenters. The van der Waals surface area contributed by atoms with E-state index < -0.39 is 0 Å². The molecule has 0 aliphatic heterocycles. The predicted molar refractivity (Wildman–Crippen MR) is 65.2 cm³/mol. The molecule has 1 aromatic heterocycles. The number of nitrogens with two attached hydrogens (primary N) is 1. The second-order valence-electron chi connectivity index (χ2n) is 3.18. The van der Waals surface area contributed by atoms with Crippen molar-refractivity contribution in [1.29, 1.82) is 0 Å². The zero-order chi connectivity index (χ0) is 11.9. The molecule has 0 aliphatic rings. The molecule has 0 radical (unpaired) electrons. The summed E-state index contributed by atoms with van der Waals surface area (Å²) in [5.74, 6) is 0.830. The Morgan fingerprint density at radius 2 is 1.82 bits per heavy atom. The molecule has 0 saturated carbocycles. The van der Waals surface area contributed by atoms with Crippen molar-refractivity contribution >= 4 is 11.3 Å². The zero-order valence-corrected chi connectivity index (χ0v) is 10.0. The van der Waals surface area contributed by atoms with Gasteiger partial charge in [0, 0.05) is 6.54 Å². The lowest BCUT2D eigenvalue weighted by Gasteiger charge is -2.05. The third-order valence-electron chi connectivity index (χ3n) is 1.94. The largest absolute Gasteiger partial charge is 0.490 e. The molecule has 0 saturated heterocycles. The van der Waals surface area contributed by atoms with Gasteiger partial charge in [0.05, 0.1) is 0 Å². The summed E-state index contributed by atoms with van der Waals surface area (Å²) in [6, 6.07) is 9.59. The first kappa shape index (κ1) is 11.8. The molecule has 2 N–H and O–H groups in total. The topological polar surface area (TPSA) is 70.3 Å². The first-order valence-electron chi connectivity index (χ1n) is 5.21. The lowest BCUT2D eigenvalue weighted by Crippen LogP contribution is -2.08. The summed E-state index contributed by atoms with van der Waals surface area (Å²) in [4.78, 5) is 0. The summed E-state index contributed by atoms with van der Waals surface area (Å²) in [5.41, 5.74) is 5.42. The van der Waals surface area contributed by atoms with Gasteiger partial charge in [0.2, 0.25) is 0 Å². The smallest absolute Gasteiger partial charge is 0.294 e. The van der Waals surface area contributed by atoms with Crippen LogP contribution in [0, 0.1) is 0 Å². The second kappa shape index (κ2) is 6.17. The molecular formula is C11H13N3O2S. The van der Waals surface area contributed by atoms with E-state index >= 15 is 0 Å². The van der Waals surface area contributed by atoms with E-state index in [1.165, 1.54) is 11.3 Å². The average molecular weight is 251 g/mol. The van der Waals surface area contributed by atoms with Gasteiger partial charge < -0.3 is 15.2 Å². The van der Waals surface area contributed by atoms with Gasteiger partial charge in [-0.1, -0.05) is 29.5 Å². The molecule has 1 heterocycles. The standard InChI is InChI=1S/C11H13N3O2S/c12-8-10-13-14-11(17-10)16-7-6-15-9-4-2-1-3-5-9/h1-5H,6-8,12H2. The highest BCUT2D eigenvalue weighted by atomic mass is 32.1. The molecule has 0 aliphatic carbocycles. The Balaban J connectivity index is 1.69. The van der Waals surface area contributed by atoms with Crippen LogP contribution in [-0.4, -0.2) is 23.4 Å². The summed E-state index contributed by atoms with van der Waals surface area (Å²) >= 11 is 1.35. The molecule has 0 bridgehead atoms. The Morgan fingerprint density at radius 1 is 1.06 bits per heavy atom. The summed E-state index contributed by atoms with van der Waals surface area (Å²) in [5, 5.41) is 8.99. The summed E-state index contributed by atoms with van der Waals surface area (Å²) in [6.07, 6.45) is 0. The molecule has 0 fully saturated rings. The highest BCUT2D eigenvalue weighted by Crippen LogP contribution is 2.16. The van der Waals surface area contributed by atoms with E-state index in [0.717, 1.165) is 10.8 Å². The number of hydrogen-bond donors (Lipinski definition) is 1. The Bertz CT molecular complexity index is 447. The van der Waals surface area contributed by atoms with Gasteiger partial charge in [-0.15, -0.1) is 10.2 Å². The molecule has 5 nitrogen and oxygen atoms in total. The molecular weight excluding hydrogens is 238 g/mol. The van der Waals surface area contributed by atoms with E-state index in [9.17, 15) is 0 Å². The van der Waals surface area contributed by atoms with Gasteiger partial charge in [-0.25, -0.2) is 0 Å². The first-order valence-corrected chi connectivity index (χ1v) is 6.03. The third-order valence-corrected chi connectivity index (χ3v) is 2.80. The molecule has 6 heteroatoms. The molecule has 1 aromatic carbocycles. The van der Waals surface area contributed by atoms with Crippen LogP contribution in [0.15, 0.2) is 30.3 Å². The minimum absolute atomic E-state index is 0.390. The lowest BCUT2D eigenvalue weighted by molar-refractivity contribution is 0.215. The van der Waals surface area contributed by atoms with Gasteiger partial charge in [0.25, 0.3) is 5.19 Å². The molecule has 90 valence electrons. The first-order chi connectivity index (χ1) is 8.38. The van der Waals surface area contributed by atoms with Gasteiger partial charge in [0.1, 0.15) is 24.0 Å². The number of rotatable bonds is 6. The van der Waals surface area contributed by atoms with Crippen LogP contribution in [0.5, 0.6) is 10.9 Å². The minimum atomic E-state index is 0.390. The van der Waals surface area contributed by atoms with E-state index in [2.05, 4.69) is 10.2 Å². The molecule has 0 unspecified atom stereocenters. The Kier molecular flexibility index (Phi) is 4.29. The van der Waals surface area contributed by atoms with Crippen LogP contribution in [0.25, 0.3) is 0 Å². The summed E-state index contributed by atoms with van der Waals surface area (Å²) < 4.78 is 10.8. The highest BCUT2D eigenvalue weighted by Gasteiger charge is 2.02. The van der Waals surface area contributed by atoms with E-state index in [0.29, 0.717) is 25.0 Å². The van der Waals surface area contributed by atoms with Crippen molar-refractivity contribution in [1.82, 2.24) is 10.2 Å².